The predicted octanol–water partition coefficient (Wildman–Crippen LogP) is 13.5. The Balaban J connectivity index is 0.780. The lowest BCUT2D eigenvalue weighted by atomic mass is 9.86. The van der Waals surface area contributed by atoms with Crippen LogP contribution in [0.15, 0.2) is 121 Å². The summed E-state index contributed by atoms with van der Waals surface area (Å²) in [6.45, 7) is 12.5. The SMILES string of the molecule is Cc1ccc(C(CCCOc2ccc(CNCCCO[PH](=O)OCCCNCc3ccc(OCCCC(c4cc(F)cc(F)c4)c4ccc(C)c(C)c4)cc3)cc2)c2cc(F)cc(F)c2)cc1C. The van der Waals surface area contributed by atoms with Gasteiger partial charge in [0.05, 0.1) is 26.4 Å². The van der Waals surface area contributed by atoms with Crippen LogP contribution in [0.2, 0.25) is 0 Å². The van der Waals surface area contributed by atoms with Crippen LogP contribution >= 0.6 is 8.25 Å². The molecule has 12 heteroatoms. The van der Waals surface area contributed by atoms with E-state index in [1.165, 1.54) is 35.4 Å². The van der Waals surface area contributed by atoms with E-state index in [9.17, 15) is 22.1 Å². The second-order valence-corrected chi connectivity index (χ2v) is 18.6. The van der Waals surface area contributed by atoms with E-state index in [1.54, 1.807) is 0 Å². The predicted molar refractivity (Wildman–Crippen MR) is 264 cm³/mol. The Morgan fingerprint density at radius 3 is 1.19 bits per heavy atom. The van der Waals surface area contributed by atoms with Crippen molar-refractivity contribution in [1.29, 1.82) is 0 Å². The molecule has 6 aromatic carbocycles. The minimum Gasteiger partial charge on any atom is -0.494 e. The Morgan fingerprint density at radius 2 is 0.824 bits per heavy atom. The summed E-state index contributed by atoms with van der Waals surface area (Å²) in [5.41, 5.74) is 10.1. The maximum atomic E-state index is 14.2. The molecule has 2 unspecified atom stereocenters. The maximum absolute atomic E-state index is 14.2. The van der Waals surface area contributed by atoms with Gasteiger partial charge in [-0.3, -0.25) is 4.57 Å². The van der Waals surface area contributed by atoms with Crippen molar-refractivity contribution < 1.29 is 40.6 Å². The van der Waals surface area contributed by atoms with Crippen molar-refractivity contribution in [2.45, 2.75) is 91.1 Å². The van der Waals surface area contributed by atoms with Crippen molar-refractivity contribution in [1.82, 2.24) is 10.6 Å². The van der Waals surface area contributed by atoms with Gasteiger partial charge in [-0.2, -0.15) is 0 Å². The maximum Gasteiger partial charge on any atom is 0.319 e. The van der Waals surface area contributed by atoms with Crippen LogP contribution in [0, 0.1) is 51.0 Å². The van der Waals surface area contributed by atoms with Crippen molar-refractivity contribution in [3.05, 3.63) is 200 Å². The van der Waals surface area contributed by atoms with Gasteiger partial charge in [-0.15, -0.1) is 0 Å². The second kappa shape index (κ2) is 27.0. The Hall–Kier alpha value is -5.29. The van der Waals surface area contributed by atoms with Gasteiger partial charge in [0.15, 0.2) is 0 Å². The van der Waals surface area contributed by atoms with E-state index < -0.39 is 31.5 Å². The molecule has 6 rings (SSSR count). The van der Waals surface area contributed by atoms with Gasteiger partial charge in [-0.05, 0) is 183 Å². The molecule has 0 bridgehead atoms. The molecular weight excluding hydrogens is 888 g/mol. The number of benzene rings is 6. The minimum absolute atomic E-state index is 0.151. The van der Waals surface area contributed by atoms with Gasteiger partial charge in [-0.1, -0.05) is 60.7 Å². The van der Waals surface area contributed by atoms with Crippen LogP contribution in [0.25, 0.3) is 0 Å². The molecule has 362 valence electrons. The zero-order valence-electron chi connectivity index (χ0n) is 39.7. The molecule has 0 aliphatic carbocycles. The van der Waals surface area contributed by atoms with Crippen molar-refractivity contribution in [3.8, 4) is 11.5 Å². The van der Waals surface area contributed by atoms with E-state index in [1.807, 2.05) is 88.4 Å². The number of halogens is 4. The van der Waals surface area contributed by atoms with Crippen LogP contribution in [0.4, 0.5) is 17.6 Å². The Morgan fingerprint density at radius 1 is 0.441 bits per heavy atom. The third-order valence-electron chi connectivity index (χ3n) is 12.2. The Bertz CT molecular complexity index is 2310. The third kappa shape index (κ3) is 17.0. The molecule has 0 spiro atoms. The average Bonchev–Trinajstić information content (AvgIpc) is 3.31. The average molecular weight is 953 g/mol. The lowest BCUT2D eigenvalue weighted by Gasteiger charge is -2.20. The normalized spacial score (nSPS) is 12.8. The van der Waals surface area contributed by atoms with Gasteiger partial charge in [-0.25, -0.2) is 17.6 Å². The van der Waals surface area contributed by atoms with E-state index in [0.29, 0.717) is 102 Å². The fourth-order valence-electron chi connectivity index (χ4n) is 8.14. The summed E-state index contributed by atoms with van der Waals surface area (Å²) in [5.74, 6) is -1.09. The molecule has 0 aliphatic heterocycles. The first-order chi connectivity index (χ1) is 32.9. The molecule has 68 heavy (non-hydrogen) atoms. The largest absolute Gasteiger partial charge is 0.494 e. The summed E-state index contributed by atoms with van der Waals surface area (Å²) in [6, 6.07) is 35.7. The summed E-state index contributed by atoms with van der Waals surface area (Å²) < 4.78 is 91.7. The van der Waals surface area contributed by atoms with Gasteiger partial charge in [0.25, 0.3) is 0 Å². The van der Waals surface area contributed by atoms with Crippen LogP contribution in [-0.2, 0) is 26.7 Å². The fourth-order valence-corrected chi connectivity index (χ4v) is 8.85. The molecule has 0 heterocycles. The molecule has 0 amide bonds. The lowest BCUT2D eigenvalue weighted by molar-refractivity contribution is 0.220. The van der Waals surface area contributed by atoms with E-state index in [4.69, 9.17) is 18.5 Å². The lowest BCUT2D eigenvalue weighted by Crippen LogP contribution is -2.16. The van der Waals surface area contributed by atoms with Crippen LogP contribution in [0.3, 0.4) is 0 Å². The first-order valence-electron chi connectivity index (χ1n) is 23.6. The van der Waals surface area contributed by atoms with Gasteiger partial charge in [0.1, 0.15) is 34.8 Å². The molecule has 2 N–H and O–H groups in total. The second-order valence-electron chi connectivity index (χ2n) is 17.5. The van der Waals surface area contributed by atoms with Crippen LogP contribution in [-0.4, -0.2) is 39.5 Å². The van der Waals surface area contributed by atoms with Gasteiger partial charge < -0.3 is 29.2 Å². The molecular formula is C56H65F4N2O5P. The molecule has 2 atom stereocenters. The molecule has 0 aromatic heterocycles. The number of hydrogen-bond donors (Lipinski definition) is 2. The van der Waals surface area contributed by atoms with Crippen LogP contribution < -0.4 is 20.1 Å². The van der Waals surface area contributed by atoms with Crippen LogP contribution in [0.1, 0.15) is 106 Å². The number of aryl methyl sites for hydroxylation is 4. The topological polar surface area (TPSA) is 78.1 Å². The van der Waals surface area contributed by atoms with Crippen molar-refractivity contribution >= 4 is 8.25 Å². The summed E-state index contributed by atoms with van der Waals surface area (Å²) >= 11 is 0. The molecule has 0 fully saturated rings. The first kappa shape index (κ1) is 52.1. The van der Waals surface area contributed by atoms with Gasteiger partial charge >= 0.3 is 8.25 Å². The third-order valence-corrected chi connectivity index (χ3v) is 13.1. The summed E-state index contributed by atoms with van der Waals surface area (Å²) in [6.07, 6.45) is 4.15. The highest BCUT2D eigenvalue weighted by Gasteiger charge is 2.19. The van der Waals surface area contributed by atoms with Crippen molar-refractivity contribution in [3.63, 3.8) is 0 Å². The highest BCUT2D eigenvalue weighted by Crippen LogP contribution is 2.34. The number of hydrogen-bond acceptors (Lipinski definition) is 7. The van der Waals surface area contributed by atoms with Gasteiger partial charge in [0, 0.05) is 37.1 Å². The van der Waals surface area contributed by atoms with E-state index in [2.05, 4.69) is 34.9 Å². The van der Waals surface area contributed by atoms with Crippen molar-refractivity contribution in [2.75, 3.05) is 39.5 Å². The number of rotatable bonds is 28. The quantitative estimate of drug-likeness (QED) is 0.0288. The number of nitrogens with one attached hydrogen (secondary N) is 2. The van der Waals surface area contributed by atoms with E-state index >= 15 is 0 Å². The molecule has 0 aliphatic rings. The molecule has 0 radical (unpaired) electrons. The minimum atomic E-state index is -2.57. The zero-order chi connectivity index (χ0) is 48.3. The Kier molecular flexibility index (Phi) is 20.7. The molecule has 7 nitrogen and oxygen atoms in total. The van der Waals surface area contributed by atoms with Gasteiger partial charge in [0.2, 0.25) is 0 Å². The highest BCUT2D eigenvalue weighted by molar-refractivity contribution is 7.33. The highest BCUT2D eigenvalue weighted by atomic mass is 31.1. The fraction of sp³-hybridized carbons (Fsp3) is 0.357. The summed E-state index contributed by atoms with van der Waals surface area (Å²) in [7, 11) is -2.57. The van der Waals surface area contributed by atoms with Crippen LogP contribution in [0.5, 0.6) is 11.5 Å². The summed E-state index contributed by atoms with van der Waals surface area (Å²) in [5, 5.41) is 6.76. The monoisotopic (exact) mass is 952 g/mol. The molecule has 0 saturated heterocycles. The standard InChI is InChI=1S/C56H65F4N2O5P/c1-39-11-17-45(29-41(39)3)55(47-31-49(57)35-50(58)32-47)9-5-25-64-53-19-13-43(14-20-53)37-61-23-7-27-66-68(63)67-28-8-24-62-38-44-15-21-54(22-16-44)65-26-6-10-56(46-18-12-40(2)42(4)30-46)48-33-51(59)36-52(60)34-48/h11-22,29-36,55-56,61-62,68H,5-10,23-28,37-38H2,1-4H3. The van der Waals surface area contributed by atoms with E-state index in [0.717, 1.165) is 57.0 Å². The first-order valence-corrected chi connectivity index (χ1v) is 24.8. The number of ether oxygens (including phenoxy) is 2. The Labute approximate surface area is 400 Å². The molecule has 6 aromatic rings. The van der Waals surface area contributed by atoms with Crippen molar-refractivity contribution in [2.24, 2.45) is 0 Å². The van der Waals surface area contributed by atoms with E-state index in [-0.39, 0.29) is 11.8 Å². The smallest absolute Gasteiger partial charge is 0.319 e. The molecule has 0 saturated carbocycles. The summed E-state index contributed by atoms with van der Waals surface area (Å²) in [4.78, 5) is 0. The zero-order valence-corrected chi connectivity index (χ0v) is 40.7.